The number of aryl methyl sites for hydroxylation is 1. The second-order valence-corrected chi connectivity index (χ2v) is 8.17. The van der Waals surface area contributed by atoms with Crippen molar-refractivity contribution in [1.82, 2.24) is 4.90 Å². The van der Waals surface area contributed by atoms with Crippen LogP contribution in [0.5, 0.6) is 5.75 Å². The molecule has 0 bridgehead atoms. The molecule has 1 N–H and O–H groups in total. The minimum atomic E-state index is -0.218. The maximum atomic E-state index is 10.2. The molecule has 0 aromatic heterocycles. The van der Waals surface area contributed by atoms with E-state index in [0.29, 0.717) is 0 Å². The average Bonchev–Trinajstić information content (AvgIpc) is 2.58. The predicted octanol–water partition coefficient (Wildman–Crippen LogP) is 3.95. The van der Waals surface area contributed by atoms with Gasteiger partial charge in [-0.3, -0.25) is 4.90 Å². The number of likely N-dealkylation sites (tertiary alicyclic amines) is 1. The molecule has 0 unspecified atom stereocenters. The summed E-state index contributed by atoms with van der Waals surface area (Å²) in [5.74, 6) is 0.943. The highest BCUT2D eigenvalue weighted by Crippen LogP contribution is 2.38. The molecule has 2 radical (unpaired) electrons. The summed E-state index contributed by atoms with van der Waals surface area (Å²) in [6.45, 7) is 13.7. The van der Waals surface area contributed by atoms with Crippen LogP contribution in [-0.2, 0) is 4.74 Å². The topological polar surface area (TPSA) is 41.9 Å². The first kappa shape index (κ1) is 19.7. The highest BCUT2D eigenvalue weighted by atomic mass is 16.5. The second kappa shape index (κ2) is 8.28. The molecule has 26 heavy (non-hydrogen) atoms. The van der Waals surface area contributed by atoms with E-state index in [1.54, 1.807) is 0 Å². The van der Waals surface area contributed by atoms with Crippen LogP contribution in [0.1, 0.15) is 64.0 Å². The fourth-order valence-electron chi connectivity index (χ4n) is 4.15. The van der Waals surface area contributed by atoms with Crippen molar-refractivity contribution in [2.75, 3.05) is 13.1 Å². The van der Waals surface area contributed by atoms with Gasteiger partial charge in [-0.1, -0.05) is 19.1 Å². The van der Waals surface area contributed by atoms with Crippen LogP contribution in [0, 0.1) is 13.5 Å². The standard InChI is InChI=1S/C22H33NO3/c1-5-20-13-19(24)14-22(26-20)8-10-23(11-9-22)15-18-6-7-21(17(4)12-18)25-16(2)3/h6-7,12,16,19-20,24H,5,8-11,13-14H2,1-4H3/t19-,20+/m1/s1. The first-order valence-corrected chi connectivity index (χ1v) is 10.0. The van der Waals surface area contributed by atoms with Gasteiger partial charge in [-0.2, -0.15) is 0 Å². The molecule has 2 fully saturated rings. The molecule has 144 valence electrons. The number of hydrogen-bond acceptors (Lipinski definition) is 4. The molecule has 1 spiro atoms. The van der Waals surface area contributed by atoms with Crippen LogP contribution in [0.3, 0.4) is 0 Å². The Labute approximate surface area is 158 Å². The summed E-state index contributed by atoms with van der Waals surface area (Å²) in [4.78, 5) is 2.26. The van der Waals surface area contributed by atoms with E-state index in [1.807, 2.05) is 19.9 Å². The summed E-state index contributed by atoms with van der Waals surface area (Å²) in [7, 11) is 0. The van der Waals surface area contributed by atoms with Crippen molar-refractivity contribution in [2.24, 2.45) is 0 Å². The number of rotatable bonds is 5. The monoisotopic (exact) mass is 359 g/mol. The fraction of sp³-hybridized carbons (Fsp3) is 0.682. The van der Waals surface area contributed by atoms with Crippen LogP contribution >= 0.6 is 0 Å². The van der Waals surface area contributed by atoms with Gasteiger partial charge in [0.1, 0.15) is 5.75 Å². The molecular weight excluding hydrogens is 326 g/mol. The molecule has 2 aliphatic rings. The van der Waals surface area contributed by atoms with Crippen LogP contribution in [0.25, 0.3) is 0 Å². The first-order chi connectivity index (χ1) is 12.4. The number of aliphatic hydroxyl groups excluding tert-OH is 1. The molecule has 1 aromatic rings. The van der Waals surface area contributed by atoms with Gasteiger partial charge >= 0.3 is 0 Å². The molecule has 4 heteroatoms. The van der Waals surface area contributed by atoms with Crippen molar-refractivity contribution in [3.63, 3.8) is 0 Å². The Morgan fingerprint density at radius 2 is 2.08 bits per heavy atom. The molecule has 3 rings (SSSR count). The Kier molecular flexibility index (Phi) is 6.26. The van der Waals surface area contributed by atoms with Crippen LogP contribution in [0.15, 0.2) is 18.2 Å². The number of benzene rings is 1. The summed E-state index contributed by atoms with van der Waals surface area (Å²) >= 11 is 0. The molecule has 0 amide bonds. The van der Waals surface area contributed by atoms with Crippen molar-refractivity contribution >= 4 is 0 Å². The van der Waals surface area contributed by atoms with E-state index in [1.165, 1.54) is 0 Å². The van der Waals surface area contributed by atoms with Crippen molar-refractivity contribution in [1.29, 1.82) is 0 Å². The van der Waals surface area contributed by atoms with Gasteiger partial charge in [-0.15, -0.1) is 0 Å². The fourth-order valence-corrected chi connectivity index (χ4v) is 4.15. The molecule has 2 saturated heterocycles. The molecule has 2 atom stereocenters. The first-order valence-electron chi connectivity index (χ1n) is 10.0. The van der Waals surface area contributed by atoms with Gasteiger partial charge in [-0.25, -0.2) is 0 Å². The minimum Gasteiger partial charge on any atom is -0.491 e. The lowest BCUT2D eigenvalue weighted by molar-refractivity contribution is -0.180. The lowest BCUT2D eigenvalue weighted by atomic mass is 9.81. The number of piperidine rings is 1. The maximum Gasteiger partial charge on any atom is 0.122 e. The largest absolute Gasteiger partial charge is 0.491 e. The van der Waals surface area contributed by atoms with Gasteiger partial charge in [-0.05, 0) is 63.6 Å². The third-order valence-corrected chi connectivity index (χ3v) is 5.51. The number of nitrogens with zero attached hydrogens (tertiary/aromatic N) is 1. The quantitative estimate of drug-likeness (QED) is 0.864. The van der Waals surface area contributed by atoms with E-state index in [9.17, 15) is 5.11 Å². The number of hydrogen-bond donors (Lipinski definition) is 1. The highest BCUT2D eigenvalue weighted by molar-refractivity contribution is 5.38. The van der Waals surface area contributed by atoms with E-state index < -0.39 is 0 Å². The molecule has 2 heterocycles. The summed E-state index contributed by atoms with van der Waals surface area (Å²) in [5.41, 5.74) is 2.09. The zero-order valence-corrected chi connectivity index (χ0v) is 16.6. The Hall–Kier alpha value is -1.10. The van der Waals surface area contributed by atoms with Crippen molar-refractivity contribution in [3.05, 3.63) is 35.9 Å². The van der Waals surface area contributed by atoms with Crippen molar-refractivity contribution in [2.45, 2.75) is 83.7 Å². The molecule has 4 nitrogen and oxygen atoms in total. The summed E-state index contributed by atoms with van der Waals surface area (Å²) in [5, 5.41) is 10.2. The Morgan fingerprint density at radius 1 is 1.35 bits per heavy atom. The van der Waals surface area contributed by atoms with Gasteiger partial charge in [0.15, 0.2) is 0 Å². The summed E-state index contributed by atoms with van der Waals surface area (Å²) in [6.07, 6.45) is 4.62. The lowest BCUT2D eigenvalue weighted by Gasteiger charge is -2.47. The van der Waals surface area contributed by atoms with Gasteiger partial charge < -0.3 is 14.6 Å². The normalized spacial score (nSPS) is 26.4. The summed E-state index contributed by atoms with van der Waals surface area (Å²) in [6, 6.07) is 6.24. The van der Waals surface area contributed by atoms with E-state index >= 15 is 0 Å². The van der Waals surface area contributed by atoms with Crippen LogP contribution in [-0.4, -0.2) is 47.0 Å². The van der Waals surface area contributed by atoms with Crippen molar-refractivity contribution < 1.29 is 14.6 Å². The van der Waals surface area contributed by atoms with Gasteiger partial charge in [0.05, 0.1) is 30.5 Å². The van der Waals surface area contributed by atoms with Crippen molar-refractivity contribution in [3.8, 4) is 5.75 Å². The van der Waals surface area contributed by atoms with Crippen LogP contribution in [0.4, 0.5) is 0 Å². The SMILES string of the molecule is CC[C@H]1C[C@@H](O)CC2(CCN([C]c3ccc(OC(C)C)c(C)c3)CC2)O1. The molecule has 2 aliphatic heterocycles. The minimum absolute atomic E-state index is 0.137. The van der Waals surface area contributed by atoms with Crippen LogP contribution in [0.2, 0.25) is 0 Å². The lowest BCUT2D eigenvalue weighted by Crippen LogP contribution is -2.52. The molecule has 0 aliphatic carbocycles. The number of ether oxygens (including phenoxy) is 2. The van der Waals surface area contributed by atoms with E-state index in [2.05, 4.69) is 37.4 Å². The van der Waals surface area contributed by atoms with E-state index in [4.69, 9.17) is 9.47 Å². The van der Waals surface area contributed by atoms with Gasteiger partial charge in [0.25, 0.3) is 0 Å². The second-order valence-electron chi connectivity index (χ2n) is 8.17. The zero-order valence-electron chi connectivity index (χ0n) is 16.6. The zero-order chi connectivity index (χ0) is 18.7. The van der Waals surface area contributed by atoms with E-state index in [0.717, 1.165) is 62.1 Å². The van der Waals surface area contributed by atoms with Gasteiger partial charge in [0.2, 0.25) is 0 Å². The average molecular weight is 360 g/mol. The Bertz CT molecular complexity index is 593. The Balaban J connectivity index is 1.56. The Morgan fingerprint density at radius 3 is 2.69 bits per heavy atom. The smallest absolute Gasteiger partial charge is 0.122 e. The van der Waals surface area contributed by atoms with Gasteiger partial charge in [0, 0.05) is 19.5 Å². The molecule has 1 aromatic carbocycles. The molecule has 0 saturated carbocycles. The third kappa shape index (κ3) is 4.79. The molecular formula is C22H33NO3. The maximum absolute atomic E-state index is 10.2. The van der Waals surface area contributed by atoms with E-state index in [-0.39, 0.29) is 23.9 Å². The third-order valence-electron chi connectivity index (χ3n) is 5.51. The predicted molar refractivity (Wildman–Crippen MR) is 103 cm³/mol. The number of aliphatic hydroxyl groups is 1. The summed E-state index contributed by atoms with van der Waals surface area (Å²) < 4.78 is 12.2. The van der Waals surface area contributed by atoms with Crippen LogP contribution < -0.4 is 4.74 Å². The highest BCUT2D eigenvalue weighted by Gasteiger charge is 2.42.